The van der Waals surface area contributed by atoms with E-state index in [0.29, 0.717) is 37.2 Å². The van der Waals surface area contributed by atoms with Gasteiger partial charge < -0.3 is 10.4 Å². The van der Waals surface area contributed by atoms with Crippen LogP contribution in [-0.2, 0) is 17.6 Å². The second kappa shape index (κ2) is 11.2. The Bertz CT molecular complexity index is 1080. The highest BCUT2D eigenvalue weighted by atomic mass is 19.1. The van der Waals surface area contributed by atoms with E-state index in [0.717, 1.165) is 69.4 Å². The predicted molar refractivity (Wildman–Crippen MR) is 134 cm³/mol. The van der Waals surface area contributed by atoms with E-state index in [-0.39, 0.29) is 11.8 Å². The number of likely N-dealkylation sites (tertiary alicyclic amines) is 1. The van der Waals surface area contributed by atoms with E-state index in [1.165, 1.54) is 17.8 Å². The van der Waals surface area contributed by atoms with Crippen molar-refractivity contribution < 1.29 is 18.7 Å². The van der Waals surface area contributed by atoms with Crippen LogP contribution in [0.5, 0.6) is 0 Å². The van der Waals surface area contributed by atoms with E-state index in [4.69, 9.17) is 4.98 Å². The molecule has 36 heavy (non-hydrogen) atoms. The van der Waals surface area contributed by atoms with Crippen LogP contribution >= 0.6 is 0 Å². The molecule has 0 radical (unpaired) electrons. The Morgan fingerprint density at radius 2 is 2.08 bits per heavy atom. The molecule has 0 spiro atoms. The molecule has 3 unspecified atom stereocenters. The minimum atomic E-state index is -1.02. The van der Waals surface area contributed by atoms with Crippen LogP contribution in [0.1, 0.15) is 85.8 Å². The summed E-state index contributed by atoms with van der Waals surface area (Å²) >= 11 is 0. The second-order valence-corrected chi connectivity index (χ2v) is 10.6. The average molecular weight is 499 g/mol. The fourth-order valence-corrected chi connectivity index (χ4v) is 5.93. The van der Waals surface area contributed by atoms with E-state index in [2.05, 4.69) is 22.4 Å². The van der Waals surface area contributed by atoms with Crippen LogP contribution in [0.2, 0.25) is 0 Å². The topological polar surface area (TPSA) is 78.3 Å². The lowest BCUT2D eigenvalue weighted by Gasteiger charge is -2.31. The van der Waals surface area contributed by atoms with Gasteiger partial charge in [-0.2, -0.15) is 0 Å². The van der Waals surface area contributed by atoms with Crippen LogP contribution < -0.4 is 5.32 Å². The molecule has 0 bridgehead atoms. The quantitative estimate of drug-likeness (QED) is 0.425. The van der Waals surface area contributed by atoms with Crippen LogP contribution in [0, 0.1) is 11.7 Å². The van der Waals surface area contributed by atoms with E-state index in [1.54, 1.807) is 0 Å². The highest BCUT2D eigenvalue weighted by Crippen LogP contribution is 2.41. The van der Waals surface area contributed by atoms with E-state index in [1.807, 2.05) is 4.90 Å². The molecule has 1 aliphatic carbocycles. The number of nitrogens with one attached hydrogen (secondary N) is 1. The van der Waals surface area contributed by atoms with Gasteiger partial charge in [-0.15, -0.1) is 0 Å². The number of aryl methyl sites for hydroxylation is 2. The number of fused-ring (bicyclic) bond motifs is 1. The highest BCUT2D eigenvalue weighted by Gasteiger charge is 2.39. The van der Waals surface area contributed by atoms with Crippen LogP contribution in [0.4, 0.5) is 14.6 Å². The minimum Gasteiger partial charge on any atom is -0.480 e. The van der Waals surface area contributed by atoms with Gasteiger partial charge in [-0.3, -0.25) is 14.7 Å². The molecule has 3 atom stereocenters. The van der Waals surface area contributed by atoms with Gasteiger partial charge in [0.25, 0.3) is 0 Å². The standard InChI is InChI=1S/C28H36F2N4O2/c29-21-15-23(25(32-16-21)18-5-3-6-18)26(28(35)36)34-14-12-20(17-34)24(30)9-2-1-8-22-11-10-19-7-4-13-31-27(19)33-22/h10-11,15-16,18,20,24,26H,1-9,12-14,17H2,(H,31,33)(H,35,36). The first-order valence-electron chi connectivity index (χ1n) is 13.5. The highest BCUT2D eigenvalue weighted by molar-refractivity contribution is 5.76. The third-order valence-electron chi connectivity index (χ3n) is 8.18. The molecule has 2 aromatic heterocycles. The predicted octanol–water partition coefficient (Wildman–Crippen LogP) is 5.44. The third-order valence-corrected chi connectivity index (χ3v) is 8.18. The number of alkyl halides is 1. The normalized spacial score (nSPS) is 21.9. The molecule has 2 N–H and O–H groups in total. The molecule has 1 saturated heterocycles. The SMILES string of the molecule is O=C(O)C(c1cc(F)cnc1C1CCC1)N1CCC(C(F)CCCCc2ccc3c(n2)NCCC3)C1. The summed E-state index contributed by atoms with van der Waals surface area (Å²) in [7, 11) is 0. The van der Waals surface area contributed by atoms with Crippen molar-refractivity contribution in [3.05, 3.63) is 52.7 Å². The number of carboxylic acid groups (broad SMARTS) is 1. The molecule has 0 aromatic carbocycles. The van der Waals surface area contributed by atoms with Crippen molar-refractivity contribution in [2.24, 2.45) is 5.92 Å². The smallest absolute Gasteiger partial charge is 0.325 e. The van der Waals surface area contributed by atoms with E-state index < -0.39 is 24.0 Å². The summed E-state index contributed by atoms with van der Waals surface area (Å²) in [5, 5.41) is 13.4. The maximum atomic E-state index is 15.2. The van der Waals surface area contributed by atoms with Crippen molar-refractivity contribution in [1.29, 1.82) is 0 Å². The molecule has 1 saturated carbocycles. The first kappa shape index (κ1) is 25.1. The Labute approximate surface area is 211 Å². The molecule has 5 rings (SSSR count). The summed E-state index contributed by atoms with van der Waals surface area (Å²) in [6, 6.07) is 4.57. The molecule has 6 nitrogen and oxygen atoms in total. The summed E-state index contributed by atoms with van der Waals surface area (Å²) in [6.45, 7) is 1.83. The molecule has 0 amide bonds. The lowest BCUT2D eigenvalue weighted by atomic mass is 9.80. The molecule has 2 fully saturated rings. The number of aromatic nitrogens is 2. The molecular weight excluding hydrogens is 462 g/mol. The van der Waals surface area contributed by atoms with Crippen molar-refractivity contribution in [2.45, 2.75) is 82.3 Å². The summed E-state index contributed by atoms with van der Waals surface area (Å²) in [5.41, 5.74) is 3.45. The molecule has 3 aliphatic rings. The van der Waals surface area contributed by atoms with Crippen molar-refractivity contribution in [1.82, 2.24) is 14.9 Å². The Morgan fingerprint density at radius 1 is 1.22 bits per heavy atom. The van der Waals surface area contributed by atoms with Gasteiger partial charge in [-0.25, -0.2) is 13.8 Å². The van der Waals surface area contributed by atoms with Gasteiger partial charge in [-0.1, -0.05) is 18.9 Å². The second-order valence-electron chi connectivity index (χ2n) is 10.6. The van der Waals surface area contributed by atoms with Crippen LogP contribution in [-0.4, -0.2) is 51.7 Å². The largest absolute Gasteiger partial charge is 0.480 e. The maximum Gasteiger partial charge on any atom is 0.325 e. The number of unbranched alkanes of at least 4 members (excludes halogenated alkanes) is 1. The number of anilines is 1. The minimum absolute atomic E-state index is 0.190. The van der Waals surface area contributed by atoms with Gasteiger partial charge >= 0.3 is 5.97 Å². The zero-order chi connectivity index (χ0) is 25.1. The average Bonchev–Trinajstić information content (AvgIpc) is 3.31. The van der Waals surface area contributed by atoms with Gasteiger partial charge in [0.2, 0.25) is 0 Å². The maximum absolute atomic E-state index is 15.2. The molecule has 194 valence electrons. The van der Waals surface area contributed by atoms with Crippen LogP contribution in [0.25, 0.3) is 0 Å². The fourth-order valence-electron chi connectivity index (χ4n) is 5.93. The van der Waals surface area contributed by atoms with Gasteiger partial charge in [0.05, 0.1) is 6.20 Å². The Balaban J connectivity index is 1.15. The lowest BCUT2D eigenvalue weighted by Crippen LogP contribution is -2.35. The van der Waals surface area contributed by atoms with Crippen molar-refractivity contribution in [3.63, 3.8) is 0 Å². The number of hydrogen-bond acceptors (Lipinski definition) is 5. The van der Waals surface area contributed by atoms with Crippen LogP contribution in [0.15, 0.2) is 24.4 Å². The van der Waals surface area contributed by atoms with Gasteiger partial charge in [0.15, 0.2) is 0 Å². The molecule has 4 heterocycles. The fraction of sp³-hybridized carbons (Fsp3) is 0.607. The molecular formula is C28H36F2N4O2. The number of carboxylic acids is 1. The van der Waals surface area contributed by atoms with Crippen molar-refractivity contribution in [3.8, 4) is 0 Å². The van der Waals surface area contributed by atoms with Crippen molar-refractivity contribution >= 4 is 11.8 Å². The Morgan fingerprint density at radius 3 is 2.86 bits per heavy atom. The van der Waals surface area contributed by atoms with Gasteiger partial charge in [0.1, 0.15) is 23.8 Å². The number of aliphatic carboxylic acids is 1. The zero-order valence-corrected chi connectivity index (χ0v) is 20.8. The molecule has 2 aromatic rings. The third kappa shape index (κ3) is 5.53. The first-order chi connectivity index (χ1) is 17.5. The number of pyridine rings is 2. The number of halogens is 2. The van der Waals surface area contributed by atoms with Crippen LogP contribution in [0.3, 0.4) is 0 Å². The summed E-state index contributed by atoms with van der Waals surface area (Å²) in [4.78, 5) is 23.1. The summed E-state index contributed by atoms with van der Waals surface area (Å²) in [6.07, 6.45) is 8.94. The summed E-state index contributed by atoms with van der Waals surface area (Å²) < 4.78 is 29.2. The monoisotopic (exact) mass is 498 g/mol. The van der Waals surface area contributed by atoms with Gasteiger partial charge in [0, 0.05) is 41.9 Å². The summed E-state index contributed by atoms with van der Waals surface area (Å²) in [5.74, 6) is -0.564. The molecule has 2 aliphatic heterocycles. The number of nitrogens with zero attached hydrogens (tertiary/aromatic N) is 3. The van der Waals surface area contributed by atoms with E-state index >= 15 is 4.39 Å². The number of carbonyl (C=O) groups is 1. The van der Waals surface area contributed by atoms with Crippen molar-refractivity contribution in [2.75, 3.05) is 25.0 Å². The Kier molecular flexibility index (Phi) is 7.79. The van der Waals surface area contributed by atoms with Gasteiger partial charge in [-0.05, 0) is 75.6 Å². The Hall–Kier alpha value is -2.61. The zero-order valence-electron chi connectivity index (χ0n) is 20.8. The number of rotatable bonds is 10. The first-order valence-corrected chi connectivity index (χ1v) is 13.5. The lowest BCUT2D eigenvalue weighted by molar-refractivity contribution is -0.143. The molecule has 8 heteroatoms. The number of hydrogen-bond donors (Lipinski definition) is 2. The van der Waals surface area contributed by atoms with E-state index in [9.17, 15) is 14.3 Å².